The Kier molecular flexibility index (Phi) is 4.35. The van der Waals surface area contributed by atoms with Crippen molar-refractivity contribution in [2.24, 2.45) is 5.92 Å². The second-order valence-electron chi connectivity index (χ2n) is 5.42. The lowest BCUT2D eigenvalue weighted by Crippen LogP contribution is -2.42. The molecule has 102 valence electrons. The molecule has 2 atom stereocenters. The van der Waals surface area contributed by atoms with Crippen LogP contribution in [0.25, 0.3) is 0 Å². The van der Waals surface area contributed by atoms with Gasteiger partial charge in [0.2, 0.25) is 11.8 Å². The molecule has 2 aliphatic heterocycles. The summed E-state index contributed by atoms with van der Waals surface area (Å²) in [6.07, 6.45) is 2.43. The molecule has 2 amide bonds. The number of carbonyl (C=O) groups is 2. The van der Waals surface area contributed by atoms with Gasteiger partial charge in [0, 0.05) is 19.3 Å². The van der Waals surface area contributed by atoms with Crippen LogP contribution >= 0.6 is 0 Å². The maximum atomic E-state index is 12.0. The lowest BCUT2D eigenvalue weighted by Gasteiger charge is -2.19. The van der Waals surface area contributed by atoms with Gasteiger partial charge in [-0.15, -0.1) is 0 Å². The predicted molar refractivity (Wildman–Crippen MR) is 66.9 cm³/mol. The molecule has 2 fully saturated rings. The first-order valence-electron chi connectivity index (χ1n) is 6.76. The van der Waals surface area contributed by atoms with E-state index in [2.05, 4.69) is 5.32 Å². The highest BCUT2D eigenvalue weighted by molar-refractivity contribution is 6.05. The lowest BCUT2D eigenvalue weighted by molar-refractivity contribution is -0.140. The van der Waals surface area contributed by atoms with E-state index in [-0.39, 0.29) is 23.9 Å². The molecule has 0 aromatic heterocycles. The number of amides is 2. The van der Waals surface area contributed by atoms with Crippen molar-refractivity contribution in [3.05, 3.63) is 0 Å². The van der Waals surface area contributed by atoms with Crippen LogP contribution in [0.5, 0.6) is 0 Å². The normalized spacial score (nSPS) is 28.7. The summed E-state index contributed by atoms with van der Waals surface area (Å²) < 4.78 is 5.31. The van der Waals surface area contributed by atoms with Crippen LogP contribution in [0, 0.1) is 5.92 Å². The molecule has 5 nitrogen and oxygen atoms in total. The van der Waals surface area contributed by atoms with Gasteiger partial charge in [-0.25, -0.2) is 0 Å². The fourth-order valence-electron chi connectivity index (χ4n) is 2.63. The third-order valence-electron chi connectivity index (χ3n) is 3.67. The zero-order valence-corrected chi connectivity index (χ0v) is 11.1. The Morgan fingerprint density at radius 1 is 1.44 bits per heavy atom. The Bertz CT molecular complexity index is 324. The summed E-state index contributed by atoms with van der Waals surface area (Å²) >= 11 is 0. The minimum Gasteiger partial charge on any atom is -0.381 e. The zero-order valence-electron chi connectivity index (χ0n) is 11.1. The van der Waals surface area contributed by atoms with Gasteiger partial charge in [-0.2, -0.15) is 0 Å². The smallest absolute Gasteiger partial charge is 0.247 e. The molecule has 0 aromatic rings. The molecule has 2 aliphatic rings. The zero-order chi connectivity index (χ0) is 13.1. The van der Waals surface area contributed by atoms with Crippen LogP contribution in [0.2, 0.25) is 0 Å². The van der Waals surface area contributed by atoms with Crippen LogP contribution < -0.4 is 5.32 Å². The monoisotopic (exact) mass is 254 g/mol. The molecule has 0 aromatic carbocycles. The minimum absolute atomic E-state index is 0.0416. The molecule has 18 heavy (non-hydrogen) atoms. The maximum absolute atomic E-state index is 12.0. The molecule has 2 saturated heterocycles. The Hall–Kier alpha value is -0.940. The molecule has 2 unspecified atom stereocenters. The number of nitrogens with zero attached hydrogens (tertiary/aromatic N) is 1. The highest BCUT2D eigenvalue weighted by atomic mass is 16.5. The van der Waals surface area contributed by atoms with Crippen molar-refractivity contribution in [3.63, 3.8) is 0 Å². The lowest BCUT2D eigenvalue weighted by atomic mass is 10.1. The summed E-state index contributed by atoms with van der Waals surface area (Å²) in [7, 11) is 0. The Balaban J connectivity index is 1.76. The van der Waals surface area contributed by atoms with E-state index in [0.717, 1.165) is 32.6 Å². The first kappa shape index (κ1) is 13.5. The Morgan fingerprint density at radius 2 is 2.22 bits per heavy atom. The standard InChI is InChI=1S/C13H22N2O3/c1-9(2)15-12(16)7-11(13(15)17)14-5-3-10-4-6-18-8-10/h9-11,14H,3-8H2,1-2H3. The van der Waals surface area contributed by atoms with Crippen molar-refractivity contribution in [1.82, 2.24) is 10.2 Å². The van der Waals surface area contributed by atoms with Crippen LogP contribution in [0.15, 0.2) is 0 Å². The number of ether oxygens (including phenoxy) is 1. The number of likely N-dealkylation sites (tertiary alicyclic amines) is 1. The third kappa shape index (κ3) is 2.90. The van der Waals surface area contributed by atoms with Gasteiger partial charge in [-0.3, -0.25) is 14.5 Å². The molecule has 5 heteroatoms. The van der Waals surface area contributed by atoms with Gasteiger partial charge >= 0.3 is 0 Å². The largest absolute Gasteiger partial charge is 0.381 e. The van der Waals surface area contributed by atoms with Crippen LogP contribution in [0.1, 0.15) is 33.1 Å². The van der Waals surface area contributed by atoms with Crippen molar-refractivity contribution in [3.8, 4) is 0 Å². The van der Waals surface area contributed by atoms with Gasteiger partial charge in [0.05, 0.1) is 12.5 Å². The summed E-state index contributed by atoms with van der Waals surface area (Å²) in [6, 6.07) is -0.359. The quantitative estimate of drug-likeness (QED) is 0.727. The molecule has 0 spiro atoms. The second kappa shape index (κ2) is 5.80. The van der Waals surface area contributed by atoms with E-state index in [4.69, 9.17) is 4.74 Å². The van der Waals surface area contributed by atoms with E-state index in [9.17, 15) is 9.59 Å². The summed E-state index contributed by atoms with van der Waals surface area (Å²) in [5.41, 5.74) is 0. The van der Waals surface area contributed by atoms with Crippen molar-refractivity contribution in [2.45, 2.75) is 45.2 Å². The van der Waals surface area contributed by atoms with Crippen molar-refractivity contribution in [2.75, 3.05) is 19.8 Å². The number of rotatable bonds is 5. The number of nitrogens with one attached hydrogen (secondary N) is 1. The summed E-state index contributed by atoms with van der Waals surface area (Å²) in [5.74, 6) is 0.472. The molecule has 2 rings (SSSR count). The van der Waals surface area contributed by atoms with Gasteiger partial charge in [0.25, 0.3) is 0 Å². The van der Waals surface area contributed by atoms with Crippen LogP contribution in [-0.2, 0) is 14.3 Å². The van der Waals surface area contributed by atoms with Crippen molar-refractivity contribution >= 4 is 11.8 Å². The predicted octanol–water partition coefficient (Wildman–Crippen LogP) is 0.538. The number of hydrogen-bond donors (Lipinski definition) is 1. The average Bonchev–Trinajstić information content (AvgIpc) is 2.88. The van der Waals surface area contributed by atoms with Crippen molar-refractivity contribution in [1.29, 1.82) is 0 Å². The van der Waals surface area contributed by atoms with Gasteiger partial charge in [0.15, 0.2) is 0 Å². The second-order valence-corrected chi connectivity index (χ2v) is 5.42. The molecular formula is C13H22N2O3. The average molecular weight is 254 g/mol. The summed E-state index contributed by atoms with van der Waals surface area (Å²) in [6.45, 7) is 6.20. The van der Waals surface area contributed by atoms with E-state index in [0.29, 0.717) is 12.3 Å². The fraction of sp³-hybridized carbons (Fsp3) is 0.846. The van der Waals surface area contributed by atoms with Gasteiger partial charge in [0.1, 0.15) is 0 Å². The number of carbonyl (C=O) groups excluding carboxylic acids is 2. The van der Waals surface area contributed by atoms with E-state index < -0.39 is 0 Å². The van der Waals surface area contributed by atoms with E-state index in [1.165, 1.54) is 4.90 Å². The highest BCUT2D eigenvalue weighted by Crippen LogP contribution is 2.18. The molecule has 2 heterocycles. The number of imide groups is 1. The molecule has 1 N–H and O–H groups in total. The molecular weight excluding hydrogens is 232 g/mol. The fourth-order valence-corrected chi connectivity index (χ4v) is 2.63. The molecule has 0 saturated carbocycles. The third-order valence-corrected chi connectivity index (χ3v) is 3.67. The van der Waals surface area contributed by atoms with E-state index >= 15 is 0 Å². The summed E-state index contributed by atoms with van der Waals surface area (Å²) in [4.78, 5) is 25.1. The molecule has 0 aliphatic carbocycles. The van der Waals surface area contributed by atoms with Crippen molar-refractivity contribution < 1.29 is 14.3 Å². The maximum Gasteiger partial charge on any atom is 0.247 e. The van der Waals surface area contributed by atoms with E-state index in [1.807, 2.05) is 13.8 Å². The van der Waals surface area contributed by atoms with Crippen LogP contribution in [-0.4, -0.2) is 48.6 Å². The molecule has 0 radical (unpaired) electrons. The van der Waals surface area contributed by atoms with Gasteiger partial charge in [-0.05, 0) is 39.2 Å². The van der Waals surface area contributed by atoms with Crippen LogP contribution in [0.3, 0.4) is 0 Å². The first-order chi connectivity index (χ1) is 8.59. The summed E-state index contributed by atoms with van der Waals surface area (Å²) in [5, 5.41) is 3.21. The topological polar surface area (TPSA) is 58.6 Å². The number of hydrogen-bond acceptors (Lipinski definition) is 4. The van der Waals surface area contributed by atoms with E-state index in [1.54, 1.807) is 0 Å². The van der Waals surface area contributed by atoms with Gasteiger partial charge < -0.3 is 10.1 Å². The molecule has 0 bridgehead atoms. The first-order valence-corrected chi connectivity index (χ1v) is 6.76. The Morgan fingerprint density at radius 3 is 2.78 bits per heavy atom. The Labute approximate surface area is 108 Å². The SMILES string of the molecule is CC(C)N1C(=O)CC(NCCC2CCOC2)C1=O. The highest BCUT2D eigenvalue weighted by Gasteiger charge is 2.39. The minimum atomic E-state index is -0.317. The van der Waals surface area contributed by atoms with Gasteiger partial charge in [-0.1, -0.05) is 0 Å². The van der Waals surface area contributed by atoms with Crippen LogP contribution in [0.4, 0.5) is 0 Å².